The van der Waals surface area contributed by atoms with Crippen LogP contribution in [0, 0.1) is 27.2 Å². The van der Waals surface area contributed by atoms with E-state index in [0.29, 0.717) is 35.2 Å². The number of hydrogen-bond acceptors (Lipinski definition) is 13. The molecule has 8 aromatic rings. The Kier molecular flexibility index (Phi) is 20.1. The Bertz CT molecular complexity index is 3240. The van der Waals surface area contributed by atoms with Crippen molar-refractivity contribution in [3.05, 3.63) is 252 Å². The fourth-order valence-electron chi connectivity index (χ4n) is 6.71. The number of ether oxygens (including phenoxy) is 3. The molecule has 9 rings (SSSR count). The molecule has 75 heavy (non-hydrogen) atoms. The highest BCUT2D eigenvalue weighted by Crippen LogP contribution is 3.04. The molecule has 0 aromatic heterocycles. The second-order valence-electron chi connectivity index (χ2n) is 16.0. The van der Waals surface area contributed by atoms with Gasteiger partial charge in [0.15, 0.2) is 0 Å². The van der Waals surface area contributed by atoms with Crippen molar-refractivity contribution in [3.8, 4) is 17.2 Å². The molecule has 2 N–H and O–H groups in total. The maximum absolute atomic E-state index is 12.3. The molecule has 0 spiro atoms. The van der Waals surface area contributed by atoms with Crippen LogP contribution in [0.3, 0.4) is 0 Å². The average molecular weight is 1170 g/mol. The quantitative estimate of drug-likeness (QED) is 0.0433. The van der Waals surface area contributed by atoms with Gasteiger partial charge in [0.25, 0.3) is 17.3 Å². The normalized spacial score (nSPS) is 15.2. The number of halogens is 2. The summed E-state index contributed by atoms with van der Waals surface area (Å²) in [7, 11) is 1.68. The third kappa shape index (κ3) is 16.0. The van der Waals surface area contributed by atoms with Gasteiger partial charge in [0, 0.05) is 46.7 Å². The van der Waals surface area contributed by atoms with E-state index in [9.17, 15) is 25.0 Å². The van der Waals surface area contributed by atoms with Gasteiger partial charge in [-0.25, -0.2) is 0 Å². The third-order valence-corrected chi connectivity index (χ3v) is 42.9. The van der Waals surface area contributed by atoms with E-state index in [0.717, 1.165) is 34.4 Å². The number of aryl methyl sites for hydroxylation is 1. The molecule has 0 aliphatic carbocycles. The summed E-state index contributed by atoms with van der Waals surface area (Å²) in [6, 6.07) is 59.0. The molecule has 0 saturated carbocycles. The second kappa shape index (κ2) is 26.6. The van der Waals surface area contributed by atoms with Gasteiger partial charge < -0.3 is 24.8 Å². The van der Waals surface area contributed by atoms with Gasteiger partial charge >= 0.3 is 0 Å². The lowest BCUT2D eigenvalue weighted by Crippen LogP contribution is -2.12. The summed E-state index contributed by atoms with van der Waals surface area (Å²) in [6.07, 6.45) is 0. The number of amides is 1. The number of nitro groups is 2. The minimum absolute atomic E-state index is 0. The zero-order chi connectivity index (χ0) is 53.5. The zero-order valence-electron chi connectivity index (χ0n) is 39.7. The van der Waals surface area contributed by atoms with Crippen LogP contribution < -0.4 is 35.5 Å². The van der Waals surface area contributed by atoms with E-state index in [4.69, 9.17) is 73.2 Å². The number of anilines is 2. The summed E-state index contributed by atoms with van der Waals surface area (Å²) in [5.74, 6) is 1.80. The fraction of sp³-hybridized carbons (Fsp3) is 0.0741. The van der Waals surface area contributed by atoms with Crippen LogP contribution >= 0.6 is 66.3 Å². The highest BCUT2D eigenvalue weighted by Gasteiger charge is 2.45. The van der Waals surface area contributed by atoms with Crippen molar-refractivity contribution in [1.29, 1.82) is 0 Å². The van der Waals surface area contributed by atoms with E-state index in [1.165, 1.54) is 40.4 Å². The van der Waals surface area contributed by atoms with Crippen LogP contribution in [0.2, 0.25) is 10.0 Å². The lowest BCUT2D eigenvalue weighted by Gasteiger charge is -2.40. The number of benzene rings is 8. The Morgan fingerprint density at radius 2 is 0.973 bits per heavy atom. The van der Waals surface area contributed by atoms with E-state index in [1.54, 1.807) is 37.4 Å². The number of rotatable bonds is 15. The van der Waals surface area contributed by atoms with Gasteiger partial charge in [-0.05, 0) is 109 Å². The molecule has 0 unspecified atom stereocenters. The van der Waals surface area contributed by atoms with E-state index < -0.39 is 24.6 Å². The SMILES string of the molecule is COc1ccc(P2(=S)SP(=S)(c3ccc(C)cc3)S2)cc1.O=C(Nc1ccc(OCc2ccccc2)cc1)c1ccc(Cl)c([N+](=O)[O-])c1.O=[N+]([O-])c1cc(C(=S)Nc2ccc(OCc3ccccc3)cc2)ccc1Cl.[2HH]. The minimum Gasteiger partial charge on any atom is -0.497 e. The van der Waals surface area contributed by atoms with Crippen LogP contribution in [-0.4, -0.2) is 27.9 Å². The van der Waals surface area contributed by atoms with Crippen molar-refractivity contribution < 1.29 is 30.3 Å². The first-order chi connectivity index (χ1) is 36.0. The molecule has 1 fully saturated rings. The van der Waals surface area contributed by atoms with Crippen molar-refractivity contribution in [1.82, 2.24) is 0 Å². The smallest absolute Gasteiger partial charge is 0.288 e. The van der Waals surface area contributed by atoms with Crippen LogP contribution in [0.5, 0.6) is 17.2 Å². The number of carbonyl (C=O) groups excluding carboxylic acids is 1. The lowest BCUT2D eigenvalue weighted by molar-refractivity contribution is -0.384. The first-order valence-electron chi connectivity index (χ1n) is 22.4. The Balaban J connectivity index is 0.000000185. The zero-order valence-corrected chi connectivity index (χ0v) is 47.1. The molecule has 21 heteroatoms. The highest BCUT2D eigenvalue weighted by atomic mass is 35.5. The summed E-state index contributed by atoms with van der Waals surface area (Å²) in [4.78, 5) is 33.4. The lowest BCUT2D eigenvalue weighted by atomic mass is 10.2. The van der Waals surface area contributed by atoms with Crippen LogP contribution in [-0.2, 0) is 36.8 Å². The van der Waals surface area contributed by atoms with Crippen LogP contribution in [0.25, 0.3) is 0 Å². The minimum atomic E-state index is -1.62. The Labute approximate surface area is 468 Å². The number of nitrogens with zero attached hydrogens (tertiary/aromatic N) is 2. The largest absolute Gasteiger partial charge is 0.497 e. The van der Waals surface area contributed by atoms with Gasteiger partial charge in [-0.15, -0.1) is 0 Å². The van der Waals surface area contributed by atoms with E-state index in [2.05, 4.69) is 54.0 Å². The predicted octanol–water partition coefficient (Wildman–Crippen LogP) is 16.0. The van der Waals surface area contributed by atoms with Crippen LogP contribution in [0.15, 0.2) is 194 Å². The predicted molar refractivity (Wildman–Crippen MR) is 323 cm³/mol. The van der Waals surface area contributed by atoms with Crippen molar-refractivity contribution in [2.24, 2.45) is 0 Å². The highest BCUT2D eigenvalue weighted by molar-refractivity contribution is 9.48. The van der Waals surface area contributed by atoms with E-state index >= 15 is 0 Å². The Hall–Kier alpha value is -6.10. The van der Waals surface area contributed by atoms with Gasteiger partial charge in [-0.2, -0.15) is 0 Å². The molecular formula is C54H46Cl2N4O8P2S5. The van der Waals surface area contributed by atoms with Gasteiger partial charge in [0.2, 0.25) is 0 Å². The first kappa shape index (κ1) is 56.6. The van der Waals surface area contributed by atoms with Crippen molar-refractivity contribution in [2.75, 3.05) is 17.7 Å². The summed E-state index contributed by atoms with van der Waals surface area (Å²) in [5, 5.41) is 30.3. The average Bonchev–Trinajstić information content (AvgIpc) is 3.43. The maximum atomic E-state index is 12.3. The van der Waals surface area contributed by atoms with Crippen molar-refractivity contribution in [2.45, 2.75) is 20.1 Å². The van der Waals surface area contributed by atoms with E-state index in [1.807, 2.05) is 119 Å². The Morgan fingerprint density at radius 3 is 1.41 bits per heavy atom. The van der Waals surface area contributed by atoms with Gasteiger partial charge in [-0.3, -0.25) is 25.0 Å². The molecule has 0 radical (unpaired) electrons. The Morgan fingerprint density at radius 1 is 0.573 bits per heavy atom. The molecule has 1 heterocycles. The standard InChI is InChI=1S/C20H15ClN2O4.C20H15ClN2O3S.C14H14OP2S4.H2/c21-18-11-6-15(12-19(18)23(25)26)20(24)22-16-7-9-17(10-8-16)27-13-14-4-2-1-3-5-14;21-18-11-6-15(12-19(18)23(24)25)20(27)22-16-7-9-17(10-8-16)26-13-14-4-2-1-3-5-14;1-11-3-7-13(8-4-11)16(18)20-17(19,21-16)14-9-5-12(15-2)6-10-14;/h1-12H,13H2,(H,22,24);1-12H,13H2,(H,22,27);3-10H,1-2H3;1H/i;;;1+1. The monoisotopic (exact) mass is 1170 g/mol. The molecule has 1 amide bonds. The summed E-state index contributed by atoms with van der Waals surface area (Å²) < 4.78 is 13.4. The number of nitro benzene ring substituents is 2. The summed E-state index contributed by atoms with van der Waals surface area (Å²) >= 11 is 32.5. The molecular weight excluding hydrogens is 1130 g/mol. The van der Waals surface area contributed by atoms with Crippen LogP contribution in [0.1, 0.15) is 34.0 Å². The molecule has 12 nitrogen and oxygen atoms in total. The number of nitrogens with one attached hydrogen (secondary N) is 2. The molecule has 1 saturated heterocycles. The van der Waals surface area contributed by atoms with Crippen LogP contribution in [0.4, 0.5) is 22.7 Å². The topological polar surface area (TPSA) is 155 Å². The maximum Gasteiger partial charge on any atom is 0.288 e. The number of thiocarbonyl (C=S) groups is 1. The third-order valence-electron chi connectivity index (χ3n) is 10.7. The van der Waals surface area contributed by atoms with Gasteiger partial charge in [-0.1, -0.05) is 178 Å². The van der Waals surface area contributed by atoms with Gasteiger partial charge in [0.1, 0.15) is 45.5 Å². The molecule has 0 atom stereocenters. The number of carbonyl (C=O) groups is 1. The van der Waals surface area contributed by atoms with Crippen molar-refractivity contribution in [3.63, 3.8) is 0 Å². The molecule has 384 valence electrons. The first-order valence-corrected chi connectivity index (χ1v) is 33.2. The number of methoxy groups -OCH3 is 1. The fourth-order valence-corrected chi connectivity index (χ4v) is 49.6. The molecule has 8 aromatic carbocycles. The van der Waals surface area contributed by atoms with Gasteiger partial charge in [0.05, 0.1) is 25.8 Å². The number of hydrogen-bond donors (Lipinski definition) is 2. The molecule has 0 bridgehead atoms. The summed E-state index contributed by atoms with van der Waals surface area (Å²) in [6.45, 7) is 3.03. The van der Waals surface area contributed by atoms with Crippen molar-refractivity contribution >= 4 is 134 Å². The van der Waals surface area contributed by atoms with E-state index in [-0.39, 0.29) is 28.4 Å². The summed E-state index contributed by atoms with van der Waals surface area (Å²) in [5.41, 5.74) is 4.89. The molecule has 1 aliphatic rings. The second-order valence-corrected chi connectivity index (χ2v) is 38.6. The molecule has 1 aliphatic heterocycles.